The van der Waals surface area contributed by atoms with Crippen LogP contribution in [-0.2, 0) is 0 Å². The van der Waals surface area contributed by atoms with Gasteiger partial charge in [-0.05, 0) is 49.7 Å². The number of nitrogens with one attached hydrogen (secondary N) is 1. The van der Waals surface area contributed by atoms with Crippen LogP contribution in [-0.4, -0.2) is 30.9 Å². The average molecular weight is 258 g/mol. The number of rotatable bonds is 5. The molecule has 3 heteroatoms. The molecule has 1 N–H and O–H groups in total. The molecule has 0 radical (unpaired) electrons. The van der Waals surface area contributed by atoms with Gasteiger partial charge in [0.2, 0.25) is 0 Å². The second-order valence-electron chi connectivity index (χ2n) is 6.09. The highest BCUT2D eigenvalue weighted by Crippen LogP contribution is 2.46. The highest BCUT2D eigenvalue weighted by atomic mass is 16.2. The normalized spacial score (nSPS) is 18.5. The Labute approximate surface area is 115 Å². The summed E-state index contributed by atoms with van der Waals surface area (Å²) in [5, 5.41) is 3.66. The molecule has 0 aliphatic heterocycles. The third-order valence-electron chi connectivity index (χ3n) is 4.15. The Morgan fingerprint density at radius 1 is 1.16 bits per heavy atom. The maximum absolute atomic E-state index is 12.2. The van der Waals surface area contributed by atoms with Gasteiger partial charge < -0.3 is 10.2 Å². The van der Waals surface area contributed by atoms with Gasteiger partial charge in [-0.15, -0.1) is 0 Å². The van der Waals surface area contributed by atoms with Crippen LogP contribution in [0, 0.1) is 11.8 Å². The SMILES string of the molecule is CN(C)C(=O)c1ccccc1NC(C1CC1)C1CC1. The lowest BCUT2D eigenvalue weighted by atomic mass is 10.1. The molecule has 0 aromatic heterocycles. The molecule has 1 amide bonds. The first-order valence-electron chi connectivity index (χ1n) is 7.24. The van der Waals surface area contributed by atoms with Crippen molar-refractivity contribution < 1.29 is 4.79 Å². The molecule has 2 aliphatic rings. The standard InChI is InChI=1S/C16H22N2O/c1-18(2)16(19)13-5-3-4-6-14(13)17-15(11-7-8-11)12-9-10-12/h3-6,11-12,15,17H,7-10H2,1-2H3. The fourth-order valence-electron chi connectivity index (χ4n) is 2.75. The van der Waals surface area contributed by atoms with Crippen LogP contribution in [0.1, 0.15) is 36.0 Å². The van der Waals surface area contributed by atoms with Crippen molar-refractivity contribution in [2.24, 2.45) is 11.8 Å². The van der Waals surface area contributed by atoms with E-state index >= 15 is 0 Å². The van der Waals surface area contributed by atoms with Gasteiger partial charge in [0.1, 0.15) is 0 Å². The summed E-state index contributed by atoms with van der Waals surface area (Å²) in [6.07, 6.45) is 5.38. The molecule has 0 unspecified atom stereocenters. The van der Waals surface area contributed by atoms with Crippen LogP contribution >= 0.6 is 0 Å². The van der Waals surface area contributed by atoms with Gasteiger partial charge in [0.15, 0.2) is 0 Å². The molecule has 0 atom stereocenters. The third kappa shape index (κ3) is 2.75. The summed E-state index contributed by atoms with van der Waals surface area (Å²) in [6, 6.07) is 8.48. The third-order valence-corrected chi connectivity index (χ3v) is 4.15. The molecule has 1 aromatic rings. The maximum Gasteiger partial charge on any atom is 0.255 e. The number of amides is 1. The molecule has 0 spiro atoms. The van der Waals surface area contributed by atoms with Crippen molar-refractivity contribution in [3.05, 3.63) is 29.8 Å². The molecule has 1 aromatic carbocycles. The molecule has 0 bridgehead atoms. The summed E-state index contributed by atoms with van der Waals surface area (Å²) in [5.41, 5.74) is 1.80. The quantitative estimate of drug-likeness (QED) is 0.880. The maximum atomic E-state index is 12.2. The number of nitrogens with zero attached hydrogens (tertiary/aromatic N) is 1. The smallest absolute Gasteiger partial charge is 0.255 e. The van der Waals surface area contributed by atoms with Crippen molar-refractivity contribution in [3.63, 3.8) is 0 Å². The number of para-hydroxylation sites is 1. The van der Waals surface area contributed by atoms with Gasteiger partial charge in [-0.3, -0.25) is 4.79 Å². The fourth-order valence-corrected chi connectivity index (χ4v) is 2.75. The van der Waals surface area contributed by atoms with Crippen LogP contribution in [0.2, 0.25) is 0 Å². The number of benzene rings is 1. The molecule has 0 heterocycles. The van der Waals surface area contributed by atoms with Crippen LogP contribution in [0.3, 0.4) is 0 Å². The molecular formula is C16H22N2O. The molecule has 2 aliphatic carbocycles. The lowest BCUT2D eigenvalue weighted by Crippen LogP contribution is -2.28. The van der Waals surface area contributed by atoms with Gasteiger partial charge in [-0.1, -0.05) is 12.1 Å². The number of hydrogen-bond acceptors (Lipinski definition) is 2. The number of carbonyl (C=O) groups is 1. The Kier molecular flexibility index (Phi) is 3.21. The van der Waals surface area contributed by atoms with Crippen molar-refractivity contribution >= 4 is 11.6 Å². The van der Waals surface area contributed by atoms with Crippen molar-refractivity contribution in [1.82, 2.24) is 4.90 Å². The lowest BCUT2D eigenvalue weighted by Gasteiger charge is -2.22. The second kappa shape index (κ2) is 4.87. The van der Waals surface area contributed by atoms with E-state index in [2.05, 4.69) is 5.32 Å². The predicted octanol–water partition coefficient (Wildman–Crippen LogP) is 2.99. The van der Waals surface area contributed by atoms with E-state index in [1.807, 2.05) is 24.3 Å². The molecule has 2 saturated carbocycles. The fraction of sp³-hybridized carbons (Fsp3) is 0.562. The summed E-state index contributed by atoms with van der Waals surface area (Å²) in [4.78, 5) is 13.8. The Bertz CT molecular complexity index is 463. The number of hydrogen-bond donors (Lipinski definition) is 1. The Balaban J connectivity index is 1.81. The van der Waals surface area contributed by atoms with E-state index in [9.17, 15) is 4.79 Å². The zero-order valence-corrected chi connectivity index (χ0v) is 11.7. The van der Waals surface area contributed by atoms with Crippen LogP contribution in [0.5, 0.6) is 0 Å². The zero-order valence-electron chi connectivity index (χ0n) is 11.7. The van der Waals surface area contributed by atoms with E-state index in [1.165, 1.54) is 25.7 Å². The van der Waals surface area contributed by atoms with E-state index in [-0.39, 0.29) is 5.91 Å². The molecular weight excluding hydrogens is 236 g/mol. The Hall–Kier alpha value is -1.51. The largest absolute Gasteiger partial charge is 0.381 e. The summed E-state index contributed by atoms with van der Waals surface area (Å²) < 4.78 is 0. The predicted molar refractivity (Wildman–Crippen MR) is 77.3 cm³/mol. The monoisotopic (exact) mass is 258 g/mol. The molecule has 3 rings (SSSR count). The zero-order chi connectivity index (χ0) is 13.4. The van der Waals surface area contributed by atoms with E-state index in [0.29, 0.717) is 6.04 Å². The lowest BCUT2D eigenvalue weighted by molar-refractivity contribution is 0.0828. The van der Waals surface area contributed by atoms with E-state index in [1.54, 1.807) is 19.0 Å². The second-order valence-corrected chi connectivity index (χ2v) is 6.09. The molecule has 19 heavy (non-hydrogen) atoms. The average Bonchev–Trinajstić information content (AvgIpc) is 3.29. The van der Waals surface area contributed by atoms with Gasteiger partial charge in [0, 0.05) is 25.8 Å². The van der Waals surface area contributed by atoms with Crippen LogP contribution in [0.4, 0.5) is 5.69 Å². The van der Waals surface area contributed by atoms with E-state index in [4.69, 9.17) is 0 Å². The molecule has 3 nitrogen and oxygen atoms in total. The van der Waals surface area contributed by atoms with Gasteiger partial charge in [-0.25, -0.2) is 0 Å². The molecule has 2 fully saturated rings. The first kappa shape index (κ1) is 12.5. The van der Waals surface area contributed by atoms with Crippen LogP contribution < -0.4 is 5.32 Å². The summed E-state index contributed by atoms with van der Waals surface area (Å²) >= 11 is 0. The van der Waals surface area contributed by atoms with Gasteiger partial charge in [-0.2, -0.15) is 0 Å². The first-order valence-corrected chi connectivity index (χ1v) is 7.24. The van der Waals surface area contributed by atoms with Gasteiger partial charge in [0.25, 0.3) is 5.91 Å². The summed E-state index contributed by atoms with van der Waals surface area (Å²) in [7, 11) is 3.61. The van der Waals surface area contributed by atoms with E-state index < -0.39 is 0 Å². The van der Waals surface area contributed by atoms with Crippen molar-refractivity contribution in [2.45, 2.75) is 31.7 Å². The summed E-state index contributed by atoms with van der Waals surface area (Å²) in [6.45, 7) is 0. The van der Waals surface area contributed by atoms with Crippen molar-refractivity contribution in [2.75, 3.05) is 19.4 Å². The Morgan fingerprint density at radius 3 is 2.26 bits per heavy atom. The molecule has 102 valence electrons. The minimum absolute atomic E-state index is 0.0773. The topological polar surface area (TPSA) is 32.3 Å². The summed E-state index contributed by atoms with van der Waals surface area (Å²) in [5.74, 6) is 1.73. The van der Waals surface area contributed by atoms with Gasteiger partial charge in [0.05, 0.1) is 5.56 Å². The van der Waals surface area contributed by atoms with Gasteiger partial charge >= 0.3 is 0 Å². The first-order chi connectivity index (χ1) is 9.16. The van der Waals surface area contributed by atoms with Crippen molar-refractivity contribution in [1.29, 1.82) is 0 Å². The minimum Gasteiger partial charge on any atom is -0.381 e. The Morgan fingerprint density at radius 2 is 1.74 bits per heavy atom. The highest BCUT2D eigenvalue weighted by molar-refractivity contribution is 5.99. The minimum atomic E-state index is 0.0773. The highest BCUT2D eigenvalue weighted by Gasteiger charge is 2.41. The number of carbonyl (C=O) groups excluding carboxylic acids is 1. The molecule has 0 saturated heterocycles. The van der Waals surface area contributed by atoms with Crippen molar-refractivity contribution in [3.8, 4) is 0 Å². The van der Waals surface area contributed by atoms with Crippen LogP contribution in [0.25, 0.3) is 0 Å². The van der Waals surface area contributed by atoms with E-state index in [0.717, 1.165) is 23.1 Å². The van der Waals surface area contributed by atoms with Crippen LogP contribution in [0.15, 0.2) is 24.3 Å². The number of anilines is 1.